The number of hydrogen-bond acceptors (Lipinski definition) is 4. The average molecular weight is 244 g/mol. The summed E-state index contributed by atoms with van der Waals surface area (Å²) < 4.78 is 5.35. The van der Waals surface area contributed by atoms with Gasteiger partial charge in [-0.3, -0.25) is 0 Å². The summed E-state index contributed by atoms with van der Waals surface area (Å²) in [4.78, 5) is 6.87. The molecule has 1 aliphatic heterocycles. The molecule has 0 bridgehead atoms. The van der Waals surface area contributed by atoms with Crippen molar-refractivity contribution in [3.63, 3.8) is 0 Å². The van der Waals surface area contributed by atoms with Crippen LogP contribution in [0.3, 0.4) is 0 Å². The second-order valence-corrected chi connectivity index (χ2v) is 4.41. The first-order chi connectivity index (χ1) is 8.88. The molecule has 1 aromatic heterocycles. The van der Waals surface area contributed by atoms with Crippen LogP contribution in [0.2, 0.25) is 0 Å². The minimum Gasteiger partial charge on any atom is -0.392 e. The zero-order valence-electron chi connectivity index (χ0n) is 10.2. The Balaban J connectivity index is 2.07. The molecule has 3 rings (SSSR count). The summed E-state index contributed by atoms with van der Waals surface area (Å²) in [6, 6.07) is 9.90. The van der Waals surface area contributed by atoms with Gasteiger partial charge in [0.15, 0.2) is 0 Å². The number of fused-ring (bicyclic) bond motifs is 1. The third-order valence-electron chi connectivity index (χ3n) is 3.29. The Morgan fingerprint density at radius 2 is 2.00 bits per heavy atom. The van der Waals surface area contributed by atoms with E-state index in [4.69, 9.17) is 4.74 Å². The highest BCUT2D eigenvalue weighted by Crippen LogP contribution is 2.23. The number of benzene rings is 1. The molecule has 2 aromatic rings. The van der Waals surface area contributed by atoms with E-state index in [-0.39, 0.29) is 6.61 Å². The first-order valence-corrected chi connectivity index (χ1v) is 6.21. The van der Waals surface area contributed by atoms with Gasteiger partial charge < -0.3 is 14.7 Å². The summed E-state index contributed by atoms with van der Waals surface area (Å²) in [5.74, 6) is 0.932. The zero-order chi connectivity index (χ0) is 12.4. The van der Waals surface area contributed by atoms with Gasteiger partial charge in [-0.05, 0) is 17.7 Å². The summed E-state index contributed by atoms with van der Waals surface area (Å²) >= 11 is 0. The number of para-hydroxylation sites is 1. The van der Waals surface area contributed by atoms with Crippen LogP contribution in [0.1, 0.15) is 5.56 Å². The van der Waals surface area contributed by atoms with Crippen molar-refractivity contribution in [2.75, 3.05) is 31.2 Å². The minimum atomic E-state index is 0.0420. The highest BCUT2D eigenvalue weighted by molar-refractivity contribution is 5.84. The Morgan fingerprint density at radius 1 is 1.22 bits per heavy atom. The predicted octanol–water partition coefficient (Wildman–Crippen LogP) is 1.56. The van der Waals surface area contributed by atoms with Gasteiger partial charge in [-0.2, -0.15) is 0 Å². The number of anilines is 1. The molecule has 0 atom stereocenters. The van der Waals surface area contributed by atoms with Crippen molar-refractivity contribution in [3.05, 3.63) is 35.9 Å². The number of aliphatic hydroxyl groups is 1. The maximum atomic E-state index is 9.49. The van der Waals surface area contributed by atoms with Gasteiger partial charge in [0, 0.05) is 18.5 Å². The van der Waals surface area contributed by atoms with Crippen molar-refractivity contribution in [2.45, 2.75) is 6.61 Å². The van der Waals surface area contributed by atoms with Crippen molar-refractivity contribution in [1.82, 2.24) is 4.98 Å². The van der Waals surface area contributed by atoms with E-state index in [1.54, 1.807) is 0 Å². The van der Waals surface area contributed by atoms with Crippen molar-refractivity contribution in [2.24, 2.45) is 0 Å². The monoisotopic (exact) mass is 244 g/mol. The van der Waals surface area contributed by atoms with Gasteiger partial charge in [0.05, 0.1) is 25.3 Å². The van der Waals surface area contributed by atoms with Crippen molar-refractivity contribution in [1.29, 1.82) is 0 Å². The number of hydrogen-bond donors (Lipinski definition) is 1. The number of aromatic nitrogens is 1. The first kappa shape index (κ1) is 11.4. The molecule has 0 aliphatic carbocycles. The maximum absolute atomic E-state index is 9.49. The molecule has 4 heteroatoms. The fraction of sp³-hybridized carbons (Fsp3) is 0.357. The second-order valence-electron chi connectivity index (χ2n) is 4.41. The van der Waals surface area contributed by atoms with Crippen molar-refractivity contribution >= 4 is 16.7 Å². The molecule has 1 N–H and O–H groups in total. The summed E-state index contributed by atoms with van der Waals surface area (Å²) in [5, 5.41) is 10.5. The normalized spacial score (nSPS) is 16.2. The SMILES string of the molecule is OCc1cc(N2CCOCC2)nc2ccccc12. The summed E-state index contributed by atoms with van der Waals surface area (Å²) in [6.07, 6.45) is 0. The molecule has 4 nitrogen and oxygen atoms in total. The molecule has 0 radical (unpaired) electrons. The summed E-state index contributed by atoms with van der Waals surface area (Å²) in [7, 11) is 0. The molecule has 2 heterocycles. The van der Waals surface area contributed by atoms with Crippen molar-refractivity contribution in [3.8, 4) is 0 Å². The average Bonchev–Trinajstić information content (AvgIpc) is 2.47. The Morgan fingerprint density at radius 3 is 2.78 bits per heavy atom. The molecule has 1 aliphatic rings. The zero-order valence-corrected chi connectivity index (χ0v) is 10.2. The van der Waals surface area contributed by atoms with E-state index >= 15 is 0 Å². The topological polar surface area (TPSA) is 45.6 Å². The molecule has 1 fully saturated rings. The predicted molar refractivity (Wildman–Crippen MR) is 70.7 cm³/mol. The number of morpholine rings is 1. The Hall–Kier alpha value is -1.65. The van der Waals surface area contributed by atoms with Crippen LogP contribution in [-0.4, -0.2) is 36.4 Å². The third kappa shape index (κ3) is 2.05. The highest BCUT2D eigenvalue weighted by atomic mass is 16.5. The lowest BCUT2D eigenvalue weighted by Gasteiger charge is -2.28. The largest absolute Gasteiger partial charge is 0.392 e. The Kier molecular flexibility index (Phi) is 3.13. The van der Waals surface area contributed by atoms with Crippen LogP contribution in [-0.2, 0) is 11.3 Å². The molecule has 0 amide bonds. The van der Waals surface area contributed by atoms with Gasteiger partial charge in [-0.25, -0.2) is 4.98 Å². The molecular weight excluding hydrogens is 228 g/mol. The number of nitrogens with zero attached hydrogens (tertiary/aromatic N) is 2. The summed E-state index contributed by atoms with van der Waals surface area (Å²) in [6.45, 7) is 3.23. The lowest BCUT2D eigenvalue weighted by atomic mass is 10.1. The smallest absolute Gasteiger partial charge is 0.129 e. The van der Waals surface area contributed by atoms with Gasteiger partial charge in [0.25, 0.3) is 0 Å². The van der Waals surface area contributed by atoms with E-state index in [0.29, 0.717) is 0 Å². The van der Waals surface area contributed by atoms with E-state index < -0.39 is 0 Å². The molecule has 0 spiro atoms. The van der Waals surface area contributed by atoms with E-state index in [1.165, 1.54) is 0 Å². The number of rotatable bonds is 2. The van der Waals surface area contributed by atoms with Crippen LogP contribution in [0.4, 0.5) is 5.82 Å². The Bertz CT molecular complexity index is 550. The Labute approximate surface area is 106 Å². The molecule has 0 unspecified atom stereocenters. The molecule has 1 saturated heterocycles. The number of ether oxygens (including phenoxy) is 1. The lowest BCUT2D eigenvalue weighted by Crippen LogP contribution is -2.36. The molecule has 0 saturated carbocycles. The number of pyridine rings is 1. The first-order valence-electron chi connectivity index (χ1n) is 6.21. The quantitative estimate of drug-likeness (QED) is 0.871. The van der Waals surface area contributed by atoms with Gasteiger partial charge in [0.2, 0.25) is 0 Å². The highest BCUT2D eigenvalue weighted by Gasteiger charge is 2.14. The molecule has 1 aromatic carbocycles. The standard InChI is InChI=1S/C14H16N2O2/c17-10-11-9-14(16-5-7-18-8-6-16)15-13-4-2-1-3-12(11)13/h1-4,9,17H,5-8,10H2. The van der Waals surface area contributed by atoms with Crippen LogP contribution < -0.4 is 4.90 Å². The molecule has 94 valence electrons. The van der Waals surface area contributed by atoms with Gasteiger partial charge in [0.1, 0.15) is 5.82 Å². The second kappa shape index (κ2) is 4.92. The van der Waals surface area contributed by atoms with Crippen LogP contribution in [0.15, 0.2) is 30.3 Å². The van der Waals surface area contributed by atoms with E-state index in [0.717, 1.165) is 48.6 Å². The van der Waals surface area contributed by atoms with Crippen LogP contribution in [0.5, 0.6) is 0 Å². The minimum absolute atomic E-state index is 0.0420. The van der Waals surface area contributed by atoms with E-state index in [9.17, 15) is 5.11 Å². The maximum Gasteiger partial charge on any atom is 0.129 e. The number of aliphatic hydroxyl groups excluding tert-OH is 1. The van der Waals surface area contributed by atoms with Crippen LogP contribution in [0, 0.1) is 0 Å². The fourth-order valence-electron chi connectivity index (χ4n) is 2.32. The molecule has 18 heavy (non-hydrogen) atoms. The lowest BCUT2D eigenvalue weighted by molar-refractivity contribution is 0.122. The van der Waals surface area contributed by atoms with Gasteiger partial charge in [-0.1, -0.05) is 18.2 Å². The third-order valence-corrected chi connectivity index (χ3v) is 3.29. The van der Waals surface area contributed by atoms with E-state index in [2.05, 4.69) is 9.88 Å². The fourth-order valence-corrected chi connectivity index (χ4v) is 2.32. The van der Waals surface area contributed by atoms with Gasteiger partial charge >= 0.3 is 0 Å². The van der Waals surface area contributed by atoms with E-state index in [1.807, 2.05) is 30.3 Å². The molecular formula is C14H16N2O2. The van der Waals surface area contributed by atoms with Crippen LogP contribution >= 0.6 is 0 Å². The van der Waals surface area contributed by atoms with Gasteiger partial charge in [-0.15, -0.1) is 0 Å². The van der Waals surface area contributed by atoms with Crippen molar-refractivity contribution < 1.29 is 9.84 Å². The summed E-state index contributed by atoms with van der Waals surface area (Å²) in [5.41, 5.74) is 1.87. The van der Waals surface area contributed by atoms with Crippen LogP contribution in [0.25, 0.3) is 10.9 Å².